The number of hydrogen-bond acceptors (Lipinski definition) is 2. The van der Waals surface area contributed by atoms with Crippen LogP contribution in [0.25, 0.3) is 0 Å². The minimum absolute atomic E-state index is 0.137. The topological polar surface area (TPSA) is 38.4 Å². The second-order valence-electron chi connectivity index (χ2n) is 2.95. The molecule has 0 bridgehead atoms. The molecule has 5 heteroatoms. The number of rotatable bonds is 3. The molecule has 0 spiro atoms. The first-order valence-electron chi connectivity index (χ1n) is 4.37. The zero-order valence-corrected chi connectivity index (χ0v) is 14.8. The molecule has 0 amide bonds. The van der Waals surface area contributed by atoms with Gasteiger partial charge in [-0.2, -0.15) is 0 Å². The molecule has 1 rings (SSSR count). The summed E-state index contributed by atoms with van der Waals surface area (Å²) in [6.45, 7) is 5.82. The van der Waals surface area contributed by atoms with Gasteiger partial charge in [0.25, 0.3) is 0 Å². The normalized spacial score (nSPS) is 20.6. The number of aliphatic imine (C=N–C) groups is 1. The van der Waals surface area contributed by atoms with Gasteiger partial charge in [-0.05, 0) is 0 Å². The van der Waals surface area contributed by atoms with Crippen molar-refractivity contribution < 1.29 is 21.2 Å². The standard InChI is InChI=1S/C10H12I3N2/c1-3-6(2)9-13-8(12)7(4-5-11)10(14)15-9/h3H,1,4-5H2,2H3,(H2,14,15)/q-1/b9-6+. The molecule has 0 aromatic rings. The van der Waals surface area contributed by atoms with E-state index in [1.807, 2.05) is 13.0 Å². The third kappa shape index (κ3) is 3.69. The van der Waals surface area contributed by atoms with Crippen molar-refractivity contribution in [1.29, 1.82) is 0 Å². The minimum atomic E-state index is -0.137. The van der Waals surface area contributed by atoms with Crippen LogP contribution in [0, 0.1) is 0 Å². The van der Waals surface area contributed by atoms with Crippen molar-refractivity contribution in [2.45, 2.75) is 13.3 Å². The predicted molar refractivity (Wildman–Crippen MR) is 79.1 cm³/mol. The van der Waals surface area contributed by atoms with E-state index in [1.54, 1.807) is 0 Å². The fourth-order valence-electron chi connectivity index (χ4n) is 0.991. The second kappa shape index (κ2) is 6.58. The fraction of sp³-hybridized carbons (Fsp3) is 0.300. The van der Waals surface area contributed by atoms with E-state index < -0.39 is 0 Å². The third-order valence-corrected chi connectivity index (χ3v) is 7.19. The molecule has 2 nitrogen and oxygen atoms in total. The Bertz CT molecular complexity index is 367. The van der Waals surface area contributed by atoms with Crippen LogP contribution in [0.4, 0.5) is 0 Å². The van der Waals surface area contributed by atoms with E-state index in [2.05, 4.69) is 56.8 Å². The van der Waals surface area contributed by atoms with Gasteiger partial charge in [0.05, 0.1) is 0 Å². The molecule has 1 aliphatic heterocycles. The summed E-state index contributed by atoms with van der Waals surface area (Å²) < 4.78 is 3.67. The summed E-state index contributed by atoms with van der Waals surface area (Å²) in [4.78, 5) is 4.49. The number of allylic oxidation sites excluding steroid dienone is 2. The average molecular weight is 541 g/mol. The first kappa shape index (κ1) is 13.9. The Kier molecular flexibility index (Phi) is 6.11. The van der Waals surface area contributed by atoms with Crippen LogP contribution in [0.15, 0.2) is 34.1 Å². The zero-order valence-electron chi connectivity index (χ0n) is 8.36. The van der Waals surface area contributed by atoms with E-state index in [0.29, 0.717) is 5.84 Å². The fourth-order valence-corrected chi connectivity index (χ4v) is 5.72. The SMILES string of the molecule is C=C/C(C)=C1/N=C(N)C(CCI)=C(I)[I-]1. The molecule has 0 saturated heterocycles. The quantitative estimate of drug-likeness (QED) is 0.313. The van der Waals surface area contributed by atoms with Crippen molar-refractivity contribution in [3.63, 3.8) is 0 Å². The van der Waals surface area contributed by atoms with Crippen LogP contribution in [0.1, 0.15) is 13.3 Å². The molecule has 15 heavy (non-hydrogen) atoms. The van der Waals surface area contributed by atoms with Gasteiger partial charge in [-0.1, -0.05) is 0 Å². The van der Waals surface area contributed by atoms with Crippen molar-refractivity contribution in [3.05, 3.63) is 29.1 Å². The summed E-state index contributed by atoms with van der Waals surface area (Å²) >= 11 is 4.65. The molecule has 1 heterocycles. The molecule has 0 aromatic heterocycles. The Morgan fingerprint density at radius 1 is 1.67 bits per heavy atom. The summed E-state index contributed by atoms with van der Waals surface area (Å²) in [5.41, 5.74) is 8.39. The second-order valence-corrected chi connectivity index (χ2v) is 9.81. The molecule has 0 fully saturated rings. The van der Waals surface area contributed by atoms with Gasteiger partial charge < -0.3 is 0 Å². The molecule has 0 saturated carbocycles. The van der Waals surface area contributed by atoms with Gasteiger partial charge in [-0.3, -0.25) is 0 Å². The first-order valence-corrected chi connectivity index (χ1v) is 9.13. The van der Waals surface area contributed by atoms with Crippen LogP contribution < -0.4 is 26.9 Å². The van der Waals surface area contributed by atoms with Gasteiger partial charge in [-0.15, -0.1) is 0 Å². The van der Waals surface area contributed by atoms with Crippen LogP contribution in [0.3, 0.4) is 0 Å². The number of nitrogens with zero attached hydrogens (tertiary/aromatic N) is 1. The third-order valence-electron chi connectivity index (χ3n) is 1.90. The number of halogens is 3. The molecule has 0 aromatic carbocycles. The van der Waals surface area contributed by atoms with E-state index in [1.165, 1.54) is 7.16 Å². The van der Waals surface area contributed by atoms with Crippen LogP contribution in [-0.2, 0) is 0 Å². The Hall–Kier alpha value is 0.880. The molecule has 2 N–H and O–H groups in total. The molecular formula is C10H12I3N2-. The summed E-state index contributed by atoms with van der Waals surface area (Å²) in [6.07, 6.45) is 2.90. The first-order chi connectivity index (χ1) is 7.10. The van der Waals surface area contributed by atoms with Gasteiger partial charge in [0.15, 0.2) is 0 Å². The van der Waals surface area contributed by atoms with E-state index in [0.717, 1.165) is 20.1 Å². The Morgan fingerprint density at radius 3 is 2.80 bits per heavy atom. The van der Waals surface area contributed by atoms with Crippen molar-refractivity contribution in [2.75, 3.05) is 4.43 Å². The predicted octanol–water partition coefficient (Wildman–Crippen LogP) is 0.335. The van der Waals surface area contributed by atoms with Gasteiger partial charge in [0, 0.05) is 0 Å². The summed E-state index contributed by atoms with van der Waals surface area (Å²) in [6, 6.07) is 0. The molecule has 0 radical (unpaired) electrons. The molecular weight excluding hydrogens is 529 g/mol. The van der Waals surface area contributed by atoms with E-state index in [4.69, 9.17) is 5.73 Å². The summed E-state index contributed by atoms with van der Waals surface area (Å²) in [5, 5.41) is 0. The summed E-state index contributed by atoms with van der Waals surface area (Å²) in [7, 11) is 0. The van der Waals surface area contributed by atoms with Gasteiger partial charge in [0.1, 0.15) is 0 Å². The molecule has 0 aliphatic carbocycles. The number of nitrogens with two attached hydrogens (primary N) is 1. The van der Waals surface area contributed by atoms with Crippen molar-refractivity contribution in [3.8, 4) is 0 Å². The Balaban J connectivity index is 3.04. The van der Waals surface area contributed by atoms with E-state index >= 15 is 0 Å². The van der Waals surface area contributed by atoms with Crippen molar-refractivity contribution >= 4 is 51.0 Å². The number of alkyl halides is 1. The Labute approximate surface area is 128 Å². The molecule has 0 atom stereocenters. The number of hydrogen-bond donors (Lipinski definition) is 1. The van der Waals surface area contributed by atoms with E-state index in [-0.39, 0.29) is 21.2 Å². The maximum absolute atomic E-state index is 5.97. The van der Waals surface area contributed by atoms with Crippen LogP contribution in [-0.4, -0.2) is 10.3 Å². The van der Waals surface area contributed by atoms with Crippen molar-refractivity contribution in [1.82, 2.24) is 0 Å². The van der Waals surface area contributed by atoms with Gasteiger partial charge in [-0.25, -0.2) is 0 Å². The Morgan fingerprint density at radius 2 is 2.33 bits per heavy atom. The molecule has 1 aliphatic rings. The number of amidine groups is 1. The van der Waals surface area contributed by atoms with Crippen LogP contribution in [0.2, 0.25) is 0 Å². The molecule has 0 unspecified atom stereocenters. The van der Waals surface area contributed by atoms with Gasteiger partial charge >= 0.3 is 130 Å². The summed E-state index contributed by atoms with van der Waals surface area (Å²) in [5.74, 6) is 0.707. The van der Waals surface area contributed by atoms with Crippen LogP contribution in [0.5, 0.6) is 0 Å². The molecule has 84 valence electrons. The average Bonchev–Trinajstić information content (AvgIpc) is 2.22. The van der Waals surface area contributed by atoms with E-state index in [9.17, 15) is 0 Å². The monoisotopic (exact) mass is 541 g/mol. The van der Waals surface area contributed by atoms with Gasteiger partial charge in [0.2, 0.25) is 0 Å². The van der Waals surface area contributed by atoms with Crippen molar-refractivity contribution in [2.24, 2.45) is 10.7 Å². The maximum atomic E-state index is 5.97. The zero-order chi connectivity index (χ0) is 11.4. The van der Waals surface area contributed by atoms with Crippen LogP contribution >= 0.6 is 45.2 Å².